The zero-order valence-corrected chi connectivity index (χ0v) is 10.4. The van der Waals surface area contributed by atoms with Gasteiger partial charge in [0.25, 0.3) is 0 Å². The van der Waals surface area contributed by atoms with Crippen LogP contribution >= 0.6 is 0 Å². The monoisotopic (exact) mass is 244 g/mol. The van der Waals surface area contributed by atoms with Crippen molar-refractivity contribution >= 4 is 5.82 Å². The Bertz CT molecular complexity index is 561. The topological polar surface area (TPSA) is 72.9 Å². The number of nitrogens with zero attached hydrogens (tertiary/aromatic N) is 5. The highest BCUT2D eigenvalue weighted by Gasteiger charge is 2.19. The molecule has 0 saturated carbocycles. The molecule has 0 radical (unpaired) electrons. The molecule has 0 amide bonds. The van der Waals surface area contributed by atoms with E-state index in [1.807, 2.05) is 6.20 Å². The lowest BCUT2D eigenvalue weighted by molar-refractivity contribution is 0.555. The third kappa shape index (κ3) is 1.84. The van der Waals surface area contributed by atoms with Crippen LogP contribution in [0, 0.1) is 6.92 Å². The fraction of sp³-hybridized carbons (Fsp3) is 0.417. The number of aromatic nitrogens is 4. The fourth-order valence-electron chi connectivity index (χ4n) is 2.32. The lowest BCUT2D eigenvalue weighted by atomic mass is 10.2. The molecule has 0 bridgehead atoms. The molecule has 2 aromatic rings. The van der Waals surface area contributed by atoms with E-state index in [2.05, 4.69) is 37.6 Å². The first-order chi connectivity index (χ1) is 8.78. The summed E-state index contributed by atoms with van der Waals surface area (Å²) < 4.78 is 2.08. The van der Waals surface area contributed by atoms with Gasteiger partial charge in [-0.05, 0) is 24.1 Å². The number of pyridine rings is 1. The first-order valence-corrected chi connectivity index (χ1v) is 6.05. The summed E-state index contributed by atoms with van der Waals surface area (Å²) >= 11 is 0. The van der Waals surface area contributed by atoms with Crippen molar-refractivity contribution in [2.75, 3.05) is 11.4 Å². The Morgan fingerprint density at radius 2 is 2.28 bits per heavy atom. The van der Waals surface area contributed by atoms with Gasteiger partial charge in [-0.3, -0.25) is 0 Å². The number of anilines is 1. The second kappa shape index (κ2) is 4.38. The fourth-order valence-corrected chi connectivity index (χ4v) is 2.32. The van der Waals surface area contributed by atoms with Crippen molar-refractivity contribution in [1.29, 1.82) is 0 Å². The largest absolute Gasteiger partial charge is 0.347 e. The van der Waals surface area contributed by atoms with Crippen molar-refractivity contribution in [1.82, 2.24) is 19.7 Å². The summed E-state index contributed by atoms with van der Waals surface area (Å²) in [4.78, 5) is 6.75. The molecule has 18 heavy (non-hydrogen) atoms. The Labute approximate surface area is 105 Å². The molecular weight excluding hydrogens is 228 g/mol. The highest BCUT2D eigenvalue weighted by Crippen LogP contribution is 2.21. The summed E-state index contributed by atoms with van der Waals surface area (Å²) in [6.45, 7) is 5.20. The Morgan fingerprint density at radius 3 is 3.06 bits per heavy atom. The summed E-state index contributed by atoms with van der Waals surface area (Å²) in [5.74, 6) is 2.01. The van der Waals surface area contributed by atoms with Gasteiger partial charge in [-0.1, -0.05) is 0 Å². The molecule has 94 valence electrons. The average molecular weight is 244 g/mol. The zero-order chi connectivity index (χ0) is 12.5. The highest BCUT2D eigenvalue weighted by molar-refractivity contribution is 5.47. The van der Waals surface area contributed by atoms with E-state index in [1.165, 1.54) is 0 Å². The van der Waals surface area contributed by atoms with Gasteiger partial charge in [0.2, 0.25) is 0 Å². The van der Waals surface area contributed by atoms with Crippen molar-refractivity contribution in [2.24, 2.45) is 5.73 Å². The molecule has 0 fully saturated rings. The van der Waals surface area contributed by atoms with Gasteiger partial charge < -0.3 is 15.2 Å². The molecule has 3 heterocycles. The number of fused-ring (bicyclic) bond motifs is 1. The second-order valence-electron chi connectivity index (χ2n) is 4.55. The van der Waals surface area contributed by atoms with Gasteiger partial charge in [0, 0.05) is 25.8 Å². The van der Waals surface area contributed by atoms with Crippen molar-refractivity contribution < 1.29 is 0 Å². The molecule has 0 aliphatic carbocycles. The Kier molecular flexibility index (Phi) is 2.71. The SMILES string of the molecule is Cc1cc(CN)cnc1N1CCn2cnnc2C1. The number of nitrogens with two attached hydrogens (primary N) is 1. The van der Waals surface area contributed by atoms with E-state index < -0.39 is 0 Å². The molecular formula is C12H16N6. The standard InChI is InChI=1S/C12H16N6/c1-9-4-10(5-13)6-14-12(9)17-2-3-18-8-15-16-11(18)7-17/h4,6,8H,2-3,5,7,13H2,1H3. The van der Waals surface area contributed by atoms with Gasteiger partial charge in [-0.2, -0.15) is 0 Å². The third-order valence-electron chi connectivity index (χ3n) is 3.28. The maximum absolute atomic E-state index is 5.62. The molecule has 1 aliphatic heterocycles. The predicted octanol–water partition coefficient (Wildman–Crippen LogP) is 0.460. The Balaban J connectivity index is 1.88. The van der Waals surface area contributed by atoms with Gasteiger partial charge in [0.15, 0.2) is 5.82 Å². The molecule has 3 rings (SSSR count). The highest BCUT2D eigenvalue weighted by atomic mass is 15.3. The van der Waals surface area contributed by atoms with Crippen LogP contribution in [0.5, 0.6) is 0 Å². The number of hydrogen-bond donors (Lipinski definition) is 1. The summed E-state index contributed by atoms with van der Waals surface area (Å²) in [5, 5.41) is 8.05. The predicted molar refractivity (Wildman–Crippen MR) is 67.9 cm³/mol. The van der Waals surface area contributed by atoms with Gasteiger partial charge in [0.1, 0.15) is 12.1 Å². The molecule has 2 N–H and O–H groups in total. The molecule has 0 unspecified atom stereocenters. The quantitative estimate of drug-likeness (QED) is 0.831. The zero-order valence-electron chi connectivity index (χ0n) is 10.4. The number of hydrogen-bond acceptors (Lipinski definition) is 5. The average Bonchev–Trinajstić information content (AvgIpc) is 2.85. The van der Waals surface area contributed by atoms with E-state index in [0.29, 0.717) is 6.54 Å². The van der Waals surface area contributed by atoms with Crippen molar-refractivity contribution in [3.63, 3.8) is 0 Å². The van der Waals surface area contributed by atoms with Crippen molar-refractivity contribution in [2.45, 2.75) is 26.6 Å². The smallest absolute Gasteiger partial charge is 0.152 e. The van der Waals surface area contributed by atoms with Crippen LogP contribution in [0.25, 0.3) is 0 Å². The third-order valence-corrected chi connectivity index (χ3v) is 3.28. The van der Waals surface area contributed by atoms with Gasteiger partial charge in [-0.25, -0.2) is 4.98 Å². The summed E-state index contributed by atoms with van der Waals surface area (Å²) in [5.41, 5.74) is 7.85. The van der Waals surface area contributed by atoms with Crippen molar-refractivity contribution in [3.8, 4) is 0 Å². The molecule has 2 aromatic heterocycles. The number of aryl methyl sites for hydroxylation is 1. The summed E-state index contributed by atoms with van der Waals surface area (Å²) in [7, 11) is 0. The van der Waals surface area contributed by atoms with Gasteiger partial charge in [-0.15, -0.1) is 10.2 Å². The molecule has 0 spiro atoms. The second-order valence-corrected chi connectivity index (χ2v) is 4.55. The summed E-state index contributed by atoms with van der Waals surface area (Å²) in [6.07, 6.45) is 3.63. The van der Waals surface area contributed by atoms with Crippen LogP contribution in [-0.2, 0) is 19.6 Å². The van der Waals surface area contributed by atoms with E-state index in [9.17, 15) is 0 Å². The van der Waals surface area contributed by atoms with E-state index in [4.69, 9.17) is 5.73 Å². The molecule has 0 atom stereocenters. The van der Waals surface area contributed by atoms with E-state index in [-0.39, 0.29) is 0 Å². The maximum Gasteiger partial charge on any atom is 0.152 e. The van der Waals surface area contributed by atoms with E-state index in [0.717, 1.165) is 42.4 Å². The Hall–Kier alpha value is -1.95. The minimum Gasteiger partial charge on any atom is -0.347 e. The first kappa shape index (κ1) is 11.2. The van der Waals surface area contributed by atoms with Crippen LogP contribution in [0.15, 0.2) is 18.6 Å². The minimum atomic E-state index is 0.530. The van der Waals surface area contributed by atoms with Crippen LogP contribution in [0.4, 0.5) is 5.82 Å². The molecule has 0 saturated heterocycles. The maximum atomic E-state index is 5.62. The normalized spacial score (nSPS) is 14.7. The van der Waals surface area contributed by atoms with Crippen LogP contribution < -0.4 is 10.6 Å². The van der Waals surface area contributed by atoms with Crippen molar-refractivity contribution in [3.05, 3.63) is 35.5 Å². The lowest BCUT2D eigenvalue weighted by Crippen LogP contribution is -2.34. The number of rotatable bonds is 2. The minimum absolute atomic E-state index is 0.530. The molecule has 6 heteroatoms. The van der Waals surface area contributed by atoms with Crippen LogP contribution in [0.2, 0.25) is 0 Å². The summed E-state index contributed by atoms with van der Waals surface area (Å²) in [6, 6.07) is 2.10. The van der Waals surface area contributed by atoms with E-state index >= 15 is 0 Å². The van der Waals surface area contributed by atoms with Crippen LogP contribution in [0.1, 0.15) is 17.0 Å². The van der Waals surface area contributed by atoms with Crippen LogP contribution in [-0.4, -0.2) is 26.3 Å². The first-order valence-electron chi connectivity index (χ1n) is 6.05. The van der Waals surface area contributed by atoms with Gasteiger partial charge in [0.05, 0.1) is 6.54 Å². The Morgan fingerprint density at radius 1 is 1.39 bits per heavy atom. The van der Waals surface area contributed by atoms with E-state index in [1.54, 1.807) is 6.33 Å². The molecule has 6 nitrogen and oxygen atoms in total. The lowest BCUT2D eigenvalue weighted by Gasteiger charge is -2.29. The van der Waals surface area contributed by atoms with Gasteiger partial charge >= 0.3 is 0 Å². The molecule has 0 aromatic carbocycles. The molecule has 1 aliphatic rings. The van der Waals surface area contributed by atoms with Crippen LogP contribution in [0.3, 0.4) is 0 Å².